The summed E-state index contributed by atoms with van der Waals surface area (Å²) in [5, 5.41) is 0. The van der Waals surface area contributed by atoms with Crippen LogP contribution in [-0.4, -0.2) is 20.1 Å². The molecule has 2 unspecified atom stereocenters. The molecule has 28 heavy (non-hydrogen) atoms. The summed E-state index contributed by atoms with van der Waals surface area (Å²) < 4.78 is 10.6. The molecule has 1 aliphatic rings. The molecular formula is C24H23NO3. The lowest BCUT2D eigenvalue weighted by atomic mass is 9.79. The van der Waals surface area contributed by atoms with E-state index in [4.69, 9.17) is 15.2 Å². The number of ether oxygens (including phenoxy) is 2. The third-order valence-electron chi connectivity index (χ3n) is 5.66. The predicted octanol–water partition coefficient (Wildman–Crippen LogP) is 4.08. The van der Waals surface area contributed by atoms with Gasteiger partial charge in [-0.3, -0.25) is 4.79 Å². The Bertz CT molecular complexity index is 905. The maximum atomic E-state index is 12.7. The van der Waals surface area contributed by atoms with Crippen molar-refractivity contribution < 1.29 is 14.3 Å². The van der Waals surface area contributed by atoms with Gasteiger partial charge in [0.05, 0.1) is 20.1 Å². The van der Waals surface area contributed by atoms with Crippen LogP contribution in [0.4, 0.5) is 0 Å². The molecule has 142 valence electrons. The molecule has 4 nitrogen and oxygen atoms in total. The molecule has 4 heteroatoms. The Balaban J connectivity index is 1.85. The molecule has 0 aliphatic heterocycles. The molecule has 2 N–H and O–H groups in total. The second kappa shape index (κ2) is 7.39. The fraction of sp³-hybridized carbons (Fsp3) is 0.208. The molecule has 0 bridgehead atoms. The first-order chi connectivity index (χ1) is 13.6. The van der Waals surface area contributed by atoms with Crippen LogP contribution in [0.2, 0.25) is 0 Å². The third-order valence-corrected chi connectivity index (χ3v) is 5.66. The van der Waals surface area contributed by atoms with E-state index in [1.54, 1.807) is 14.2 Å². The van der Waals surface area contributed by atoms with Gasteiger partial charge in [0.15, 0.2) is 0 Å². The van der Waals surface area contributed by atoms with Crippen molar-refractivity contribution in [1.29, 1.82) is 0 Å². The van der Waals surface area contributed by atoms with E-state index in [9.17, 15) is 4.79 Å². The van der Waals surface area contributed by atoms with E-state index in [1.165, 1.54) is 0 Å². The number of methoxy groups -OCH3 is 2. The number of benzene rings is 3. The first kappa shape index (κ1) is 18.1. The average molecular weight is 373 g/mol. The summed E-state index contributed by atoms with van der Waals surface area (Å²) in [6.45, 7) is 0. The van der Waals surface area contributed by atoms with Gasteiger partial charge in [-0.15, -0.1) is 0 Å². The number of hydrogen-bond donors (Lipinski definition) is 1. The van der Waals surface area contributed by atoms with E-state index >= 15 is 0 Å². The van der Waals surface area contributed by atoms with Gasteiger partial charge in [0.2, 0.25) is 5.91 Å². The number of rotatable bonds is 5. The van der Waals surface area contributed by atoms with Crippen LogP contribution in [0.5, 0.6) is 11.5 Å². The van der Waals surface area contributed by atoms with Crippen LogP contribution >= 0.6 is 0 Å². The number of hydrogen-bond acceptors (Lipinski definition) is 3. The highest BCUT2D eigenvalue weighted by Gasteiger charge is 2.45. The standard InChI is InChI=1S/C24H23NO3/c1-27-17-11-7-15(8-12-17)21-19-5-3-4-6-20(19)22(23(21)24(25)26)16-9-13-18(28-2)14-10-16/h3-14,21-23H,1-2H3,(H2,25,26). The maximum absolute atomic E-state index is 12.7. The summed E-state index contributed by atoms with van der Waals surface area (Å²) in [7, 11) is 3.29. The zero-order valence-corrected chi connectivity index (χ0v) is 16.0. The van der Waals surface area contributed by atoms with Crippen molar-refractivity contribution in [2.75, 3.05) is 14.2 Å². The van der Waals surface area contributed by atoms with Gasteiger partial charge < -0.3 is 15.2 Å². The molecule has 0 radical (unpaired) electrons. The van der Waals surface area contributed by atoms with Gasteiger partial charge in [-0.05, 0) is 46.5 Å². The van der Waals surface area contributed by atoms with Gasteiger partial charge in [-0.2, -0.15) is 0 Å². The summed E-state index contributed by atoms with van der Waals surface area (Å²) in [5.74, 6) is 0.741. The number of carbonyl (C=O) groups is 1. The average Bonchev–Trinajstić information content (AvgIpc) is 3.09. The summed E-state index contributed by atoms with van der Waals surface area (Å²) >= 11 is 0. The van der Waals surface area contributed by atoms with Crippen LogP contribution in [0.3, 0.4) is 0 Å². The minimum atomic E-state index is -0.362. The highest BCUT2D eigenvalue weighted by Crippen LogP contribution is 2.52. The molecule has 0 spiro atoms. The van der Waals surface area contributed by atoms with Crippen LogP contribution in [0, 0.1) is 5.92 Å². The van der Waals surface area contributed by atoms with Gasteiger partial charge in [-0.25, -0.2) is 0 Å². The normalized spacial score (nSPS) is 20.4. The molecule has 0 fully saturated rings. The van der Waals surface area contributed by atoms with Crippen molar-refractivity contribution in [3.63, 3.8) is 0 Å². The SMILES string of the molecule is COc1ccc(C2c3ccccc3C(c3ccc(OC)cc3)C2C(N)=O)cc1. The minimum absolute atomic E-state index is 0.0910. The Labute approximate surface area is 164 Å². The van der Waals surface area contributed by atoms with E-state index in [0.29, 0.717) is 0 Å². The van der Waals surface area contributed by atoms with Gasteiger partial charge in [0.1, 0.15) is 11.5 Å². The lowest BCUT2D eigenvalue weighted by Crippen LogP contribution is -2.30. The first-order valence-corrected chi connectivity index (χ1v) is 9.30. The largest absolute Gasteiger partial charge is 0.497 e. The number of nitrogens with two attached hydrogens (primary N) is 1. The van der Waals surface area contributed by atoms with E-state index in [2.05, 4.69) is 12.1 Å². The van der Waals surface area contributed by atoms with Crippen molar-refractivity contribution >= 4 is 5.91 Å². The van der Waals surface area contributed by atoms with Gasteiger partial charge >= 0.3 is 0 Å². The summed E-state index contributed by atoms with van der Waals surface area (Å²) in [5.41, 5.74) is 10.4. The van der Waals surface area contributed by atoms with Gasteiger partial charge in [-0.1, -0.05) is 48.5 Å². The maximum Gasteiger partial charge on any atom is 0.222 e. The van der Waals surface area contributed by atoms with Crippen molar-refractivity contribution in [1.82, 2.24) is 0 Å². The van der Waals surface area contributed by atoms with Crippen LogP contribution in [0.25, 0.3) is 0 Å². The Morgan fingerprint density at radius 3 is 1.43 bits per heavy atom. The Morgan fingerprint density at radius 2 is 1.11 bits per heavy atom. The van der Waals surface area contributed by atoms with Crippen molar-refractivity contribution in [3.05, 3.63) is 95.1 Å². The molecule has 4 rings (SSSR count). The number of amides is 1. The summed E-state index contributed by atoms with van der Waals surface area (Å²) in [6, 6.07) is 24.0. The van der Waals surface area contributed by atoms with E-state index in [-0.39, 0.29) is 23.7 Å². The predicted molar refractivity (Wildman–Crippen MR) is 109 cm³/mol. The fourth-order valence-electron chi connectivity index (χ4n) is 4.38. The van der Waals surface area contributed by atoms with Crippen molar-refractivity contribution in [3.8, 4) is 11.5 Å². The number of primary amides is 1. The topological polar surface area (TPSA) is 61.6 Å². The van der Waals surface area contributed by atoms with E-state index in [0.717, 1.165) is 33.8 Å². The quantitative estimate of drug-likeness (QED) is 0.733. The highest BCUT2D eigenvalue weighted by atomic mass is 16.5. The van der Waals surface area contributed by atoms with Gasteiger partial charge in [0.25, 0.3) is 0 Å². The lowest BCUT2D eigenvalue weighted by molar-refractivity contribution is -0.122. The molecule has 2 atom stereocenters. The fourth-order valence-corrected chi connectivity index (χ4v) is 4.38. The molecule has 3 aromatic carbocycles. The Morgan fingerprint density at radius 1 is 0.714 bits per heavy atom. The van der Waals surface area contributed by atoms with E-state index < -0.39 is 0 Å². The van der Waals surface area contributed by atoms with Gasteiger partial charge in [0, 0.05) is 11.8 Å². The monoisotopic (exact) mass is 373 g/mol. The third kappa shape index (κ3) is 3.01. The van der Waals surface area contributed by atoms with Crippen LogP contribution in [-0.2, 0) is 4.79 Å². The van der Waals surface area contributed by atoms with Crippen molar-refractivity contribution in [2.24, 2.45) is 11.7 Å². The molecule has 1 aliphatic carbocycles. The number of carbonyl (C=O) groups excluding carboxylic acids is 1. The molecule has 3 aromatic rings. The lowest BCUT2D eigenvalue weighted by Gasteiger charge is -2.24. The van der Waals surface area contributed by atoms with Crippen LogP contribution in [0.1, 0.15) is 34.1 Å². The molecule has 0 heterocycles. The molecule has 0 saturated carbocycles. The smallest absolute Gasteiger partial charge is 0.222 e. The molecule has 0 saturated heterocycles. The zero-order valence-electron chi connectivity index (χ0n) is 16.0. The number of fused-ring (bicyclic) bond motifs is 1. The molecule has 0 aromatic heterocycles. The molecule has 1 amide bonds. The van der Waals surface area contributed by atoms with E-state index in [1.807, 2.05) is 60.7 Å². The van der Waals surface area contributed by atoms with Crippen LogP contribution < -0.4 is 15.2 Å². The van der Waals surface area contributed by atoms with Crippen LogP contribution in [0.15, 0.2) is 72.8 Å². The highest BCUT2D eigenvalue weighted by molar-refractivity contribution is 5.82. The Kier molecular flexibility index (Phi) is 4.78. The Hall–Kier alpha value is -3.27. The summed E-state index contributed by atoms with van der Waals surface area (Å²) in [4.78, 5) is 12.7. The minimum Gasteiger partial charge on any atom is -0.497 e. The second-order valence-electron chi connectivity index (χ2n) is 7.06. The molecular weight excluding hydrogens is 350 g/mol. The first-order valence-electron chi connectivity index (χ1n) is 9.30. The summed E-state index contributed by atoms with van der Waals surface area (Å²) in [6.07, 6.45) is 0. The van der Waals surface area contributed by atoms with Crippen molar-refractivity contribution in [2.45, 2.75) is 11.8 Å². The zero-order chi connectivity index (χ0) is 19.7. The second-order valence-corrected chi connectivity index (χ2v) is 7.06.